The van der Waals surface area contributed by atoms with Crippen molar-refractivity contribution in [2.75, 3.05) is 46.0 Å². The maximum Gasteiger partial charge on any atom is 0.225 e. The summed E-state index contributed by atoms with van der Waals surface area (Å²) in [5.74, 6) is -0.162. The number of amides is 2. The summed E-state index contributed by atoms with van der Waals surface area (Å²) in [7, 11) is 0. The molecule has 1 saturated carbocycles. The second-order valence-electron chi connectivity index (χ2n) is 6.37. The number of hydrogen-bond donors (Lipinski definition) is 3. The largest absolute Gasteiger partial charge is 0.395 e. The molecule has 0 heterocycles. The minimum absolute atomic E-state index is 0.0309. The van der Waals surface area contributed by atoms with Crippen LogP contribution in [0.5, 0.6) is 0 Å². The molecule has 1 fully saturated rings. The fourth-order valence-electron chi connectivity index (χ4n) is 3.40. The summed E-state index contributed by atoms with van der Waals surface area (Å²) < 4.78 is 0. The Morgan fingerprint density at radius 2 is 1.08 bits per heavy atom. The number of aliphatic hydroxyl groups is 3. The highest BCUT2D eigenvalue weighted by molar-refractivity contribution is 5.81. The van der Waals surface area contributed by atoms with E-state index in [4.69, 9.17) is 15.3 Å². The first-order valence-corrected chi connectivity index (χ1v) is 8.99. The van der Waals surface area contributed by atoms with E-state index in [-0.39, 0.29) is 56.6 Å². The van der Waals surface area contributed by atoms with Gasteiger partial charge in [-0.25, -0.2) is 0 Å². The van der Waals surface area contributed by atoms with E-state index in [0.29, 0.717) is 38.8 Å². The smallest absolute Gasteiger partial charge is 0.225 e. The van der Waals surface area contributed by atoms with Crippen LogP contribution in [-0.4, -0.2) is 82.9 Å². The molecule has 1 aliphatic carbocycles. The van der Waals surface area contributed by atoms with Crippen LogP contribution in [0.4, 0.5) is 0 Å². The average molecular weight is 344 g/mol. The topological polar surface area (TPSA) is 101 Å². The number of carbonyl (C=O) groups is 2. The predicted molar refractivity (Wildman–Crippen MR) is 90.2 cm³/mol. The lowest BCUT2D eigenvalue weighted by atomic mass is 9.80. The van der Waals surface area contributed by atoms with Crippen molar-refractivity contribution >= 4 is 11.8 Å². The molecule has 2 amide bonds. The fourth-order valence-corrected chi connectivity index (χ4v) is 3.40. The van der Waals surface area contributed by atoms with E-state index in [0.717, 1.165) is 6.42 Å². The zero-order valence-electron chi connectivity index (χ0n) is 14.7. The fraction of sp³-hybridized carbons (Fsp3) is 0.882. The minimum atomic E-state index is -0.135. The summed E-state index contributed by atoms with van der Waals surface area (Å²) in [6, 6.07) is 0. The lowest BCUT2D eigenvalue weighted by Gasteiger charge is -2.33. The molecule has 0 aliphatic heterocycles. The van der Waals surface area contributed by atoms with E-state index in [1.54, 1.807) is 4.90 Å². The van der Waals surface area contributed by atoms with Crippen LogP contribution in [0.1, 0.15) is 39.0 Å². The summed E-state index contributed by atoms with van der Waals surface area (Å²) in [6.07, 6.45) is 3.51. The molecule has 0 saturated heterocycles. The van der Waals surface area contributed by atoms with Crippen molar-refractivity contribution < 1.29 is 24.9 Å². The number of carbonyl (C=O) groups excluding carboxylic acids is 2. The maximum absolute atomic E-state index is 12.5. The quantitative estimate of drug-likeness (QED) is 0.511. The molecule has 0 radical (unpaired) electrons. The lowest BCUT2D eigenvalue weighted by molar-refractivity contribution is -0.142. The van der Waals surface area contributed by atoms with Gasteiger partial charge in [0.25, 0.3) is 0 Å². The van der Waals surface area contributed by atoms with Gasteiger partial charge in [0.1, 0.15) is 0 Å². The van der Waals surface area contributed by atoms with Crippen molar-refractivity contribution in [3.8, 4) is 0 Å². The van der Waals surface area contributed by atoms with Crippen molar-refractivity contribution in [2.45, 2.75) is 39.0 Å². The Hall–Kier alpha value is -1.18. The van der Waals surface area contributed by atoms with Crippen molar-refractivity contribution in [3.63, 3.8) is 0 Å². The van der Waals surface area contributed by atoms with Gasteiger partial charge in [-0.05, 0) is 32.1 Å². The van der Waals surface area contributed by atoms with Crippen LogP contribution in [0.2, 0.25) is 0 Å². The Labute approximate surface area is 144 Å². The van der Waals surface area contributed by atoms with Gasteiger partial charge in [-0.3, -0.25) is 9.59 Å². The first-order chi connectivity index (χ1) is 11.6. The van der Waals surface area contributed by atoms with E-state index in [2.05, 4.69) is 0 Å². The first kappa shape index (κ1) is 20.9. The Balaban J connectivity index is 2.55. The third-order valence-corrected chi connectivity index (χ3v) is 4.65. The summed E-state index contributed by atoms with van der Waals surface area (Å²) in [6.45, 7) is 3.23. The predicted octanol–water partition coefficient (Wildman–Crippen LogP) is -0.163. The van der Waals surface area contributed by atoms with Crippen molar-refractivity contribution in [1.82, 2.24) is 9.80 Å². The third-order valence-electron chi connectivity index (χ3n) is 4.65. The molecule has 7 heteroatoms. The number of nitrogens with zero attached hydrogens (tertiary/aromatic N) is 2. The molecule has 0 aromatic rings. The van der Waals surface area contributed by atoms with E-state index < -0.39 is 0 Å². The maximum atomic E-state index is 12.5. The highest BCUT2D eigenvalue weighted by Gasteiger charge is 2.33. The van der Waals surface area contributed by atoms with Gasteiger partial charge < -0.3 is 25.1 Å². The van der Waals surface area contributed by atoms with Crippen LogP contribution < -0.4 is 0 Å². The van der Waals surface area contributed by atoms with Crippen LogP contribution in [-0.2, 0) is 9.59 Å². The van der Waals surface area contributed by atoms with E-state index in [1.165, 1.54) is 4.90 Å². The summed E-state index contributed by atoms with van der Waals surface area (Å²) >= 11 is 0. The molecule has 7 nitrogen and oxygen atoms in total. The monoisotopic (exact) mass is 344 g/mol. The van der Waals surface area contributed by atoms with E-state index >= 15 is 0 Å². The van der Waals surface area contributed by atoms with Gasteiger partial charge in [-0.2, -0.15) is 0 Å². The number of hydrogen-bond acceptors (Lipinski definition) is 5. The normalized spacial score (nSPS) is 20.7. The molecule has 0 spiro atoms. The molecule has 0 bridgehead atoms. The molecule has 140 valence electrons. The summed E-state index contributed by atoms with van der Waals surface area (Å²) in [4.78, 5) is 28.2. The zero-order valence-corrected chi connectivity index (χ0v) is 14.7. The molecule has 0 atom stereocenters. The Morgan fingerprint density at radius 3 is 1.38 bits per heavy atom. The first-order valence-electron chi connectivity index (χ1n) is 8.99. The number of rotatable bonds is 10. The van der Waals surface area contributed by atoms with Crippen LogP contribution >= 0.6 is 0 Å². The average Bonchev–Trinajstić information content (AvgIpc) is 2.60. The molecule has 0 unspecified atom stereocenters. The summed E-state index contributed by atoms with van der Waals surface area (Å²) in [5.41, 5.74) is 0. The second-order valence-corrected chi connectivity index (χ2v) is 6.37. The molecular weight excluding hydrogens is 312 g/mol. The Morgan fingerprint density at radius 1 is 0.750 bits per heavy atom. The van der Waals surface area contributed by atoms with Crippen molar-refractivity contribution in [2.24, 2.45) is 11.8 Å². The molecule has 1 rings (SSSR count). The van der Waals surface area contributed by atoms with Gasteiger partial charge in [0.15, 0.2) is 0 Å². The van der Waals surface area contributed by atoms with Gasteiger partial charge in [0.05, 0.1) is 19.8 Å². The van der Waals surface area contributed by atoms with Crippen LogP contribution in [0.15, 0.2) is 0 Å². The lowest BCUT2D eigenvalue weighted by Crippen LogP contribution is -2.43. The van der Waals surface area contributed by atoms with Crippen molar-refractivity contribution in [1.29, 1.82) is 0 Å². The standard InChI is InChI=1S/C17H32N2O5/c1-2-7-18(8-11-20)16(23)14-3-5-15(6-4-14)17(24)19(9-12-21)10-13-22/h14-15,20-22H,2-13H2,1H3. The molecule has 0 aromatic heterocycles. The van der Waals surface area contributed by atoms with Gasteiger partial charge in [-0.1, -0.05) is 6.92 Å². The molecule has 24 heavy (non-hydrogen) atoms. The summed E-state index contributed by atoms with van der Waals surface area (Å²) in [5, 5.41) is 27.2. The van der Waals surface area contributed by atoms with Gasteiger partial charge in [-0.15, -0.1) is 0 Å². The molecule has 3 N–H and O–H groups in total. The van der Waals surface area contributed by atoms with Crippen LogP contribution in [0.3, 0.4) is 0 Å². The zero-order chi connectivity index (χ0) is 17.9. The molecule has 1 aliphatic rings. The highest BCUT2D eigenvalue weighted by atomic mass is 16.3. The van der Waals surface area contributed by atoms with Crippen molar-refractivity contribution in [3.05, 3.63) is 0 Å². The Bertz CT molecular complexity index is 335. The molecule has 0 aromatic carbocycles. The van der Waals surface area contributed by atoms with Crippen LogP contribution in [0.25, 0.3) is 0 Å². The SMILES string of the molecule is CCCN(CCO)C(=O)C1CCC(C(=O)N(CCO)CCO)CC1. The highest BCUT2D eigenvalue weighted by Crippen LogP contribution is 2.31. The van der Waals surface area contributed by atoms with Gasteiger partial charge >= 0.3 is 0 Å². The van der Waals surface area contributed by atoms with Crippen LogP contribution in [0, 0.1) is 11.8 Å². The second kappa shape index (κ2) is 11.4. The van der Waals surface area contributed by atoms with E-state index in [9.17, 15) is 9.59 Å². The number of aliphatic hydroxyl groups excluding tert-OH is 3. The Kier molecular flexibility index (Phi) is 9.90. The minimum Gasteiger partial charge on any atom is -0.395 e. The third kappa shape index (κ3) is 6.03. The van der Waals surface area contributed by atoms with Gasteiger partial charge in [0, 0.05) is 38.0 Å². The van der Waals surface area contributed by atoms with Gasteiger partial charge in [0.2, 0.25) is 11.8 Å². The molecular formula is C17H32N2O5. The van der Waals surface area contributed by atoms with E-state index in [1.807, 2.05) is 6.92 Å².